The second-order valence-electron chi connectivity index (χ2n) is 5.25. The molecule has 0 aliphatic heterocycles. The van der Waals surface area contributed by atoms with Gasteiger partial charge in [0.15, 0.2) is 0 Å². The molecule has 0 aliphatic rings. The molecule has 2 N–H and O–H groups in total. The summed E-state index contributed by atoms with van der Waals surface area (Å²) in [6, 6.07) is 6.96. The number of rotatable bonds is 7. The molecule has 1 rings (SSSR count). The minimum Gasteiger partial charge on any atom is -0.316 e. The molecular formula is C14H24N2O2S. The molecule has 19 heavy (non-hydrogen) atoms. The Kier molecular flexibility index (Phi) is 5.97. The molecule has 0 radical (unpaired) electrons. The summed E-state index contributed by atoms with van der Waals surface area (Å²) in [6.45, 7) is 7.43. The van der Waals surface area contributed by atoms with E-state index in [0.717, 1.165) is 12.1 Å². The second-order valence-corrected chi connectivity index (χ2v) is 7.01. The van der Waals surface area contributed by atoms with Gasteiger partial charge in [0.25, 0.3) is 0 Å². The molecule has 0 amide bonds. The van der Waals surface area contributed by atoms with E-state index in [1.54, 1.807) is 12.1 Å². The smallest absolute Gasteiger partial charge is 0.240 e. The quantitative estimate of drug-likeness (QED) is 0.805. The molecular weight excluding hydrogens is 260 g/mol. The molecule has 0 aromatic heterocycles. The van der Waals surface area contributed by atoms with Gasteiger partial charge in [0.2, 0.25) is 10.0 Å². The largest absolute Gasteiger partial charge is 0.316 e. The zero-order valence-corrected chi connectivity index (χ0v) is 12.9. The van der Waals surface area contributed by atoms with Crippen molar-refractivity contribution in [2.24, 2.45) is 11.8 Å². The Labute approximate surface area is 116 Å². The van der Waals surface area contributed by atoms with E-state index in [-0.39, 0.29) is 0 Å². The van der Waals surface area contributed by atoms with Crippen molar-refractivity contribution in [3.8, 4) is 0 Å². The normalized spacial score (nSPS) is 13.7. The topological polar surface area (TPSA) is 58.2 Å². The molecule has 4 nitrogen and oxygen atoms in total. The van der Waals surface area contributed by atoms with Crippen LogP contribution in [0.2, 0.25) is 0 Å². The van der Waals surface area contributed by atoms with E-state index in [1.807, 2.05) is 26.1 Å². The highest BCUT2D eigenvalue weighted by molar-refractivity contribution is 7.89. The van der Waals surface area contributed by atoms with Gasteiger partial charge in [0, 0.05) is 13.1 Å². The fourth-order valence-electron chi connectivity index (χ4n) is 1.55. The summed E-state index contributed by atoms with van der Waals surface area (Å²) in [6.07, 6.45) is 0. The van der Waals surface area contributed by atoms with Crippen LogP contribution in [-0.2, 0) is 16.6 Å². The molecule has 1 aromatic rings. The first-order chi connectivity index (χ1) is 8.86. The Hall–Kier alpha value is -0.910. The lowest BCUT2D eigenvalue weighted by atomic mass is 9.99. The lowest BCUT2D eigenvalue weighted by molar-refractivity contribution is 0.414. The van der Waals surface area contributed by atoms with E-state index in [9.17, 15) is 8.42 Å². The standard InChI is InChI=1S/C14H24N2O2S/c1-11(2)12(3)9-16-19(17,18)14-7-5-13(6-8-14)10-15-4/h5-8,11-12,15-16H,9-10H2,1-4H3. The highest BCUT2D eigenvalue weighted by atomic mass is 32.2. The van der Waals surface area contributed by atoms with Crippen molar-refractivity contribution < 1.29 is 8.42 Å². The lowest BCUT2D eigenvalue weighted by Gasteiger charge is -2.16. The van der Waals surface area contributed by atoms with Gasteiger partial charge in [-0.05, 0) is 36.6 Å². The van der Waals surface area contributed by atoms with Gasteiger partial charge in [-0.15, -0.1) is 0 Å². The molecule has 0 saturated heterocycles. The van der Waals surface area contributed by atoms with Crippen LogP contribution in [0.25, 0.3) is 0 Å². The van der Waals surface area contributed by atoms with Crippen molar-refractivity contribution in [2.75, 3.05) is 13.6 Å². The van der Waals surface area contributed by atoms with Crippen LogP contribution in [0.4, 0.5) is 0 Å². The predicted molar refractivity (Wildman–Crippen MR) is 78.4 cm³/mol. The number of nitrogens with one attached hydrogen (secondary N) is 2. The fourth-order valence-corrected chi connectivity index (χ4v) is 2.69. The van der Waals surface area contributed by atoms with Crippen molar-refractivity contribution in [3.05, 3.63) is 29.8 Å². The Bertz CT molecular complexity index is 481. The number of benzene rings is 1. The predicted octanol–water partition coefficient (Wildman–Crippen LogP) is 1.98. The molecule has 0 saturated carbocycles. The maximum Gasteiger partial charge on any atom is 0.240 e. The molecule has 0 aliphatic carbocycles. The van der Waals surface area contributed by atoms with Crippen LogP contribution in [0, 0.1) is 11.8 Å². The van der Waals surface area contributed by atoms with Crippen LogP contribution in [-0.4, -0.2) is 22.0 Å². The van der Waals surface area contributed by atoms with E-state index in [4.69, 9.17) is 0 Å². The minimum atomic E-state index is -3.39. The van der Waals surface area contributed by atoms with Gasteiger partial charge in [0.1, 0.15) is 0 Å². The minimum absolute atomic E-state index is 0.318. The third-order valence-corrected chi connectivity index (χ3v) is 4.79. The van der Waals surface area contributed by atoms with Crippen molar-refractivity contribution in [1.29, 1.82) is 0 Å². The van der Waals surface area contributed by atoms with Gasteiger partial charge in [-0.3, -0.25) is 0 Å². The molecule has 1 atom stereocenters. The van der Waals surface area contributed by atoms with Crippen LogP contribution >= 0.6 is 0 Å². The molecule has 5 heteroatoms. The van der Waals surface area contributed by atoms with E-state index >= 15 is 0 Å². The summed E-state index contributed by atoms with van der Waals surface area (Å²) in [5.74, 6) is 0.777. The highest BCUT2D eigenvalue weighted by Crippen LogP contribution is 2.13. The van der Waals surface area contributed by atoms with Gasteiger partial charge in [0.05, 0.1) is 4.90 Å². The Morgan fingerprint density at radius 3 is 2.16 bits per heavy atom. The van der Waals surface area contributed by atoms with E-state index in [0.29, 0.717) is 23.3 Å². The van der Waals surface area contributed by atoms with Gasteiger partial charge >= 0.3 is 0 Å². The van der Waals surface area contributed by atoms with Gasteiger partial charge < -0.3 is 5.32 Å². The van der Waals surface area contributed by atoms with Crippen molar-refractivity contribution in [2.45, 2.75) is 32.2 Å². The van der Waals surface area contributed by atoms with Crippen LogP contribution in [0.3, 0.4) is 0 Å². The van der Waals surface area contributed by atoms with Gasteiger partial charge in [-0.1, -0.05) is 32.9 Å². The van der Waals surface area contributed by atoms with Crippen LogP contribution in [0.1, 0.15) is 26.3 Å². The molecule has 1 aromatic carbocycles. The van der Waals surface area contributed by atoms with Crippen LogP contribution in [0.5, 0.6) is 0 Å². The number of hydrogen-bond donors (Lipinski definition) is 2. The average molecular weight is 284 g/mol. The maximum atomic E-state index is 12.1. The number of sulfonamides is 1. The fraction of sp³-hybridized carbons (Fsp3) is 0.571. The van der Waals surface area contributed by atoms with Crippen molar-refractivity contribution in [1.82, 2.24) is 10.0 Å². The second kappa shape index (κ2) is 7.03. The molecule has 108 valence electrons. The van der Waals surface area contributed by atoms with Crippen LogP contribution in [0.15, 0.2) is 29.2 Å². The van der Waals surface area contributed by atoms with Crippen LogP contribution < -0.4 is 10.0 Å². The molecule has 0 fully saturated rings. The van der Waals surface area contributed by atoms with E-state index in [1.165, 1.54) is 0 Å². The average Bonchev–Trinajstić information content (AvgIpc) is 2.37. The zero-order valence-electron chi connectivity index (χ0n) is 12.1. The van der Waals surface area contributed by atoms with Gasteiger partial charge in [-0.2, -0.15) is 0 Å². The van der Waals surface area contributed by atoms with Gasteiger partial charge in [-0.25, -0.2) is 13.1 Å². The monoisotopic (exact) mass is 284 g/mol. The molecule has 1 unspecified atom stereocenters. The lowest BCUT2D eigenvalue weighted by Crippen LogP contribution is -2.30. The molecule has 0 bridgehead atoms. The Morgan fingerprint density at radius 1 is 1.11 bits per heavy atom. The first kappa shape index (κ1) is 16.1. The third-order valence-electron chi connectivity index (χ3n) is 3.35. The maximum absolute atomic E-state index is 12.1. The number of hydrogen-bond acceptors (Lipinski definition) is 3. The van der Waals surface area contributed by atoms with E-state index in [2.05, 4.69) is 23.9 Å². The van der Waals surface area contributed by atoms with E-state index < -0.39 is 10.0 Å². The third kappa shape index (κ3) is 4.93. The highest BCUT2D eigenvalue weighted by Gasteiger charge is 2.16. The molecule has 0 spiro atoms. The summed E-state index contributed by atoms with van der Waals surface area (Å²) < 4.78 is 26.9. The SMILES string of the molecule is CNCc1ccc(S(=O)(=O)NCC(C)C(C)C)cc1. The van der Waals surface area contributed by atoms with Crippen molar-refractivity contribution in [3.63, 3.8) is 0 Å². The zero-order chi connectivity index (χ0) is 14.5. The first-order valence-electron chi connectivity index (χ1n) is 6.60. The molecule has 0 heterocycles. The Morgan fingerprint density at radius 2 is 1.68 bits per heavy atom. The summed E-state index contributed by atoms with van der Waals surface area (Å²) in [4.78, 5) is 0.323. The Balaban J connectivity index is 2.71. The summed E-state index contributed by atoms with van der Waals surface area (Å²) in [5, 5.41) is 3.03. The summed E-state index contributed by atoms with van der Waals surface area (Å²) >= 11 is 0. The van der Waals surface area contributed by atoms with Crippen molar-refractivity contribution >= 4 is 10.0 Å². The first-order valence-corrected chi connectivity index (χ1v) is 8.08. The summed E-state index contributed by atoms with van der Waals surface area (Å²) in [5.41, 5.74) is 1.07. The summed E-state index contributed by atoms with van der Waals surface area (Å²) in [7, 11) is -1.53.